The Bertz CT molecular complexity index is 299. The highest BCUT2D eigenvalue weighted by molar-refractivity contribution is 5.42. The molecule has 1 aromatic carbocycles. The Morgan fingerprint density at radius 1 is 1.29 bits per heavy atom. The number of nitrogen functional groups attached to an aromatic ring is 1. The van der Waals surface area contributed by atoms with Crippen LogP contribution in [0, 0.1) is 5.82 Å². The highest BCUT2D eigenvalue weighted by Gasteiger charge is 2.17. The molecule has 0 radical (unpaired) electrons. The van der Waals surface area contributed by atoms with E-state index >= 15 is 0 Å². The van der Waals surface area contributed by atoms with Gasteiger partial charge in [0.15, 0.2) is 0 Å². The molecule has 0 fully saturated rings. The summed E-state index contributed by atoms with van der Waals surface area (Å²) in [5.41, 5.74) is 10.9. The van der Waals surface area contributed by atoms with Crippen LogP contribution < -0.4 is 11.5 Å². The van der Waals surface area contributed by atoms with E-state index in [1.807, 2.05) is 0 Å². The maximum absolute atomic E-state index is 12.9. The van der Waals surface area contributed by atoms with Crippen molar-refractivity contribution in [2.24, 2.45) is 5.73 Å². The van der Waals surface area contributed by atoms with Crippen LogP contribution in [0.5, 0.6) is 0 Å². The molecule has 2 unspecified atom stereocenters. The van der Waals surface area contributed by atoms with E-state index in [1.54, 1.807) is 0 Å². The highest BCUT2D eigenvalue weighted by Crippen LogP contribution is 2.20. The molecule has 0 aliphatic carbocycles. The SMILES string of the molecule is NCC(O)C(O)c1cc(N)cc(F)c1. The molecule has 0 bridgehead atoms. The summed E-state index contributed by atoms with van der Waals surface area (Å²) in [6, 6.07) is 3.64. The van der Waals surface area contributed by atoms with Gasteiger partial charge in [-0.1, -0.05) is 0 Å². The van der Waals surface area contributed by atoms with Crippen LogP contribution in [0.3, 0.4) is 0 Å². The first-order valence-corrected chi connectivity index (χ1v) is 4.16. The number of rotatable bonds is 3. The minimum absolute atomic E-state index is 0.0996. The van der Waals surface area contributed by atoms with Crippen molar-refractivity contribution >= 4 is 5.69 Å². The van der Waals surface area contributed by atoms with Gasteiger partial charge < -0.3 is 21.7 Å². The van der Waals surface area contributed by atoms with Crippen LogP contribution >= 0.6 is 0 Å². The number of nitrogens with two attached hydrogens (primary N) is 2. The molecule has 6 N–H and O–H groups in total. The maximum atomic E-state index is 12.9. The lowest BCUT2D eigenvalue weighted by Gasteiger charge is -2.16. The van der Waals surface area contributed by atoms with Gasteiger partial charge in [-0.15, -0.1) is 0 Å². The van der Waals surface area contributed by atoms with Gasteiger partial charge in [-0.25, -0.2) is 4.39 Å². The van der Waals surface area contributed by atoms with Crippen LogP contribution in [-0.4, -0.2) is 22.9 Å². The lowest BCUT2D eigenvalue weighted by atomic mass is 10.0. The Hall–Kier alpha value is -1.17. The summed E-state index contributed by atoms with van der Waals surface area (Å²) >= 11 is 0. The monoisotopic (exact) mass is 200 g/mol. The second kappa shape index (κ2) is 4.36. The van der Waals surface area contributed by atoms with Gasteiger partial charge in [0.1, 0.15) is 11.9 Å². The number of anilines is 1. The molecule has 5 heteroatoms. The van der Waals surface area contributed by atoms with Crippen molar-refractivity contribution in [3.63, 3.8) is 0 Å². The minimum atomic E-state index is -1.21. The number of hydrogen-bond acceptors (Lipinski definition) is 4. The molecule has 0 saturated heterocycles. The molecular formula is C9H13FN2O2. The zero-order valence-electron chi connectivity index (χ0n) is 7.52. The van der Waals surface area contributed by atoms with Crippen molar-refractivity contribution in [2.75, 3.05) is 12.3 Å². The number of hydrogen-bond donors (Lipinski definition) is 4. The topological polar surface area (TPSA) is 92.5 Å². The summed E-state index contributed by atoms with van der Waals surface area (Å²) in [7, 11) is 0. The van der Waals surface area contributed by atoms with Gasteiger partial charge >= 0.3 is 0 Å². The number of aliphatic hydroxyl groups is 2. The Labute approximate surface area is 81.0 Å². The normalized spacial score (nSPS) is 15.1. The third-order valence-corrected chi connectivity index (χ3v) is 1.89. The second-order valence-electron chi connectivity index (χ2n) is 3.07. The number of aliphatic hydroxyl groups excluding tert-OH is 2. The standard InChI is InChI=1S/C9H13FN2O2/c10-6-1-5(2-7(12)3-6)9(14)8(13)4-11/h1-3,8-9,13-14H,4,11-12H2. The lowest BCUT2D eigenvalue weighted by Crippen LogP contribution is -2.27. The Morgan fingerprint density at radius 2 is 1.93 bits per heavy atom. The van der Waals surface area contributed by atoms with E-state index in [4.69, 9.17) is 11.5 Å². The molecule has 0 amide bonds. The molecule has 4 nitrogen and oxygen atoms in total. The molecule has 0 aliphatic heterocycles. The fraction of sp³-hybridized carbons (Fsp3) is 0.333. The molecule has 78 valence electrons. The molecule has 0 saturated carbocycles. The van der Waals surface area contributed by atoms with Gasteiger partial charge in [0, 0.05) is 12.2 Å². The minimum Gasteiger partial charge on any atom is -0.399 e. The average molecular weight is 200 g/mol. The van der Waals surface area contributed by atoms with Crippen molar-refractivity contribution < 1.29 is 14.6 Å². The van der Waals surface area contributed by atoms with Gasteiger partial charge in [-0.2, -0.15) is 0 Å². The van der Waals surface area contributed by atoms with Gasteiger partial charge in [-0.05, 0) is 23.8 Å². The molecule has 0 aromatic heterocycles. The van der Waals surface area contributed by atoms with Crippen LogP contribution in [0.4, 0.5) is 10.1 Å². The Kier molecular flexibility index (Phi) is 3.40. The van der Waals surface area contributed by atoms with Crippen molar-refractivity contribution in [3.8, 4) is 0 Å². The third kappa shape index (κ3) is 2.41. The van der Waals surface area contributed by atoms with Crippen LogP contribution in [0.15, 0.2) is 18.2 Å². The summed E-state index contributed by atoms with van der Waals surface area (Å²) < 4.78 is 12.9. The van der Waals surface area contributed by atoms with Gasteiger partial charge in [0.25, 0.3) is 0 Å². The van der Waals surface area contributed by atoms with Crippen LogP contribution in [0.2, 0.25) is 0 Å². The molecule has 2 atom stereocenters. The number of halogens is 1. The summed E-state index contributed by atoms with van der Waals surface area (Å²) in [4.78, 5) is 0. The fourth-order valence-corrected chi connectivity index (χ4v) is 1.16. The van der Waals surface area contributed by atoms with Crippen molar-refractivity contribution in [1.82, 2.24) is 0 Å². The quantitative estimate of drug-likeness (QED) is 0.507. The van der Waals surface area contributed by atoms with E-state index in [0.717, 1.165) is 12.1 Å². The molecule has 0 heterocycles. The van der Waals surface area contributed by atoms with Crippen molar-refractivity contribution in [2.45, 2.75) is 12.2 Å². The molecular weight excluding hydrogens is 187 g/mol. The molecule has 1 aromatic rings. The Balaban J connectivity index is 2.94. The predicted molar refractivity (Wildman–Crippen MR) is 50.8 cm³/mol. The van der Waals surface area contributed by atoms with E-state index in [9.17, 15) is 14.6 Å². The van der Waals surface area contributed by atoms with E-state index in [2.05, 4.69) is 0 Å². The Morgan fingerprint density at radius 3 is 2.43 bits per heavy atom. The molecule has 1 rings (SSSR count). The summed E-state index contributed by atoms with van der Waals surface area (Å²) in [5.74, 6) is -0.553. The van der Waals surface area contributed by atoms with E-state index in [0.29, 0.717) is 0 Å². The fourth-order valence-electron chi connectivity index (χ4n) is 1.16. The predicted octanol–water partition coefficient (Wildman–Crippen LogP) is -0.239. The van der Waals surface area contributed by atoms with E-state index in [-0.39, 0.29) is 17.8 Å². The second-order valence-corrected chi connectivity index (χ2v) is 3.07. The van der Waals surface area contributed by atoms with Crippen molar-refractivity contribution in [1.29, 1.82) is 0 Å². The third-order valence-electron chi connectivity index (χ3n) is 1.89. The highest BCUT2D eigenvalue weighted by atomic mass is 19.1. The van der Waals surface area contributed by atoms with Gasteiger partial charge in [0.2, 0.25) is 0 Å². The largest absolute Gasteiger partial charge is 0.399 e. The molecule has 14 heavy (non-hydrogen) atoms. The van der Waals surface area contributed by atoms with Gasteiger partial charge in [-0.3, -0.25) is 0 Å². The first kappa shape index (κ1) is 10.9. The van der Waals surface area contributed by atoms with Gasteiger partial charge in [0.05, 0.1) is 6.10 Å². The summed E-state index contributed by atoms with van der Waals surface area (Å²) in [5, 5.41) is 18.7. The van der Waals surface area contributed by atoms with E-state index in [1.165, 1.54) is 6.07 Å². The first-order valence-electron chi connectivity index (χ1n) is 4.16. The van der Waals surface area contributed by atoms with Crippen LogP contribution in [-0.2, 0) is 0 Å². The lowest BCUT2D eigenvalue weighted by molar-refractivity contribution is 0.0242. The van der Waals surface area contributed by atoms with Crippen molar-refractivity contribution in [3.05, 3.63) is 29.6 Å². The van der Waals surface area contributed by atoms with Crippen LogP contribution in [0.1, 0.15) is 11.7 Å². The molecule has 0 aliphatic rings. The molecule has 0 spiro atoms. The smallest absolute Gasteiger partial charge is 0.125 e. The summed E-state index contributed by atoms with van der Waals surface area (Å²) in [6.45, 7) is -0.0996. The first-order chi connectivity index (χ1) is 6.54. The number of benzene rings is 1. The average Bonchev–Trinajstić information content (AvgIpc) is 2.14. The zero-order chi connectivity index (χ0) is 10.7. The zero-order valence-corrected chi connectivity index (χ0v) is 7.52. The summed E-state index contributed by atoms with van der Waals surface area (Å²) in [6.07, 6.45) is -2.32. The maximum Gasteiger partial charge on any atom is 0.125 e. The van der Waals surface area contributed by atoms with Crippen LogP contribution in [0.25, 0.3) is 0 Å². The van der Waals surface area contributed by atoms with E-state index < -0.39 is 18.0 Å².